The highest BCUT2D eigenvalue weighted by Gasteiger charge is 2.38. The summed E-state index contributed by atoms with van der Waals surface area (Å²) in [5.74, 6) is -1.86. The Bertz CT molecular complexity index is 180. The molecule has 1 amide bonds. The van der Waals surface area contributed by atoms with Crippen molar-refractivity contribution in [2.24, 2.45) is 0 Å². The lowest BCUT2D eigenvalue weighted by atomic mass is 10.3. The van der Waals surface area contributed by atoms with Crippen molar-refractivity contribution < 1.29 is 18.0 Å². The fraction of sp³-hybridized carbons (Fsp3) is 0.875. The molecule has 0 aliphatic carbocycles. The smallest absolute Gasteiger partial charge is 0.348 e. The zero-order valence-electron chi connectivity index (χ0n) is 8.32. The van der Waals surface area contributed by atoms with Gasteiger partial charge >= 0.3 is 12.1 Å². The van der Waals surface area contributed by atoms with Crippen LogP contribution in [0.2, 0.25) is 0 Å². The van der Waals surface area contributed by atoms with Crippen LogP contribution < -0.4 is 5.32 Å². The van der Waals surface area contributed by atoms with E-state index >= 15 is 0 Å². The molecule has 0 aliphatic rings. The number of nitrogens with zero attached hydrogens (tertiary/aromatic N) is 1. The number of halogens is 3. The van der Waals surface area contributed by atoms with Gasteiger partial charge < -0.3 is 10.2 Å². The molecule has 6 heteroatoms. The Morgan fingerprint density at radius 3 is 2.29 bits per heavy atom. The molecule has 0 aromatic rings. The molecule has 0 atom stereocenters. The highest BCUT2D eigenvalue weighted by molar-refractivity contribution is 5.81. The van der Waals surface area contributed by atoms with Crippen molar-refractivity contribution in [3.63, 3.8) is 0 Å². The molecule has 0 fully saturated rings. The van der Waals surface area contributed by atoms with Crippen molar-refractivity contribution >= 4 is 5.91 Å². The van der Waals surface area contributed by atoms with Crippen LogP contribution in [0.4, 0.5) is 13.2 Å². The molecular formula is C8H15F3N2O. The van der Waals surface area contributed by atoms with Gasteiger partial charge in [0.25, 0.3) is 0 Å². The molecule has 0 heterocycles. The molecule has 0 aromatic heterocycles. The first-order valence-electron chi connectivity index (χ1n) is 4.34. The van der Waals surface area contributed by atoms with E-state index < -0.39 is 12.1 Å². The van der Waals surface area contributed by atoms with Crippen molar-refractivity contribution in [1.82, 2.24) is 10.2 Å². The molecule has 0 aliphatic heterocycles. The van der Waals surface area contributed by atoms with Crippen LogP contribution in [-0.4, -0.2) is 44.2 Å². The number of carbonyl (C=O) groups is 1. The van der Waals surface area contributed by atoms with Crippen molar-refractivity contribution in [3.8, 4) is 0 Å². The molecule has 84 valence electrons. The molecule has 0 unspecified atom stereocenters. The van der Waals surface area contributed by atoms with E-state index in [2.05, 4.69) is 0 Å². The molecule has 3 nitrogen and oxygen atoms in total. The third kappa shape index (κ3) is 6.71. The highest BCUT2D eigenvalue weighted by atomic mass is 19.4. The maximum Gasteiger partial charge on any atom is 0.471 e. The number of alkyl halides is 3. The number of hydrogen-bond donors (Lipinski definition) is 1. The van der Waals surface area contributed by atoms with Gasteiger partial charge in [0.1, 0.15) is 0 Å². The molecular weight excluding hydrogens is 197 g/mol. The number of unbranched alkanes of at least 4 members (excludes halogenated alkanes) is 1. The number of hydrogen-bond acceptors (Lipinski definition) is 2. The first-order chi connectivity index (χ1) is 6.34. The van der Waals surface area contributed by atoms with Crippen LogP contribution >= 0.6 is 0 Å². The van der Waals surface area contributed by atoms with Crippen molar-refractivity contribution in [1.29, 1.82) is 0 Å². The van der Waals surface area contributed by atoms with Crippen LogP contribution in [0.5, 0.6) is 0 Å². The third-order valence-corrected chi connectivity index (χ3v) is 1.58. The second-order valence-corrected chi connectivity index (χ2v) is 3.26. The minimum atomic E-state index is -4.76. The predicted molar refractivity (Wildman–Crippen MR) is 46.9 cm³/mol. The zero-order chi connectivity index (χ0) is 11.2. The average molecular weight is 212 g/mol. The topological polar surface area (TPSA) is 32.3 Å². The van der Waals surface area contributed by atoms with Crippen molar-refractivity contribution in [3.05, 3.63) is 0 Å². The minimum absolute atomic E-state index is 0.0756. The summed E-state index contributed by atoms with van der Waals surface area (Å²) in [6.45, 7) is 0.883. The first-order valence-corrected chi connectivity index (χ1v) is 4.34. The molecule has 0 bridgehead atoms. The average Bonchev–Trinajstić information content (AvgIpc) is 2.01. The van der Waals surface area contributed by atoms with E-state index in [4.69, 9.17) is 0 Å². The van der Waals surface area contributed by atoms with E-state index in [0.717, 1.165) is 13.0 Å². The Labute approximate surface area is 81.3 Å². The summed E-state index contributed by atoms with van der Waals surface area (Å²) in [6.07, 6.45) is -3.44. The number of carbonyl (C=O) groups excluding carboxylic acids is 1. The van der Waals surface area contributed by atoms with Gasteiger partial charge in [0, 0.05) is 6.54 Å². The van der Waals surface area contributed by atoms with Crippen molar-refractivity contribution in [2.45, 2.75) is 19.0 Å². The fourth-order valence-electron chi connectivity index (χ4n) is 0.855. The number of nitrogens with one attached hydrogen (secondary N) is 1. The maximum atomic E-state index is 11.7. The van der Waals surface area contributed by atoms with E-state index in [-0.39, 0.29) is 6.54 Å². The van der Waals surface area contributed by atoms with E-state index in [0.29, 0.717) is 6.42 Å². The van der Waals surface area contributed by atoms with E-state index in [9.17, 15) is 18.0 Å². The Morgan fingerprint density at radius 1 is 1.29 bits per heavy atom. The first kappa shape index (κ1) is 13.2. The molecule has 0 aromatic carbocycles. The SMILES string of the molecule is CN(C)CCCCNC(=O)C(F)(F)F. The molecule has 0 radical (unpaired) electrons. The van der Waals surface area contributed by atoms with Gasteiger partial charge in [0.2, 0.25) is 0 Å². The molecule has 0 saturated heterocycles. The Kier molecular flexibility index (Phi) is 5.52. The standard InChI is InChI=1S/C8H15F3N2O/c1-13(2)6-4-3-5-12-7(14)8(9,10)11/h3-6H2,1-2H3,(H,12,14). The van der Waals surface area contributed by atoms with Gasteiger partial charge in [-0.15, -0.1) is 0 Å². The van der Waals surface area contributed by atoms with Crippen LogP contribution in [0, 0.1) is 0 Å². The molecule has 14 heavy (non-hydrogen) atoms. The molecule has 0 saturated carbocycles. The van der Waals surface area contributed by atoms with Gasteiger partial charge in [0.15, 0.2) is 0 Å². The Morgan fingerprint density at radius 2 is 1.86 bits per heavy atom. The normalized spacial score (nSPS) is 11.9. The van der Waals surface area contributed by atoms with E-state index in [1.807, 2.05) is 24.3 Å². The molecule has 0 spiro atoms. The summed E-state index contributed by atoms with van der Waals surface area (Å²) in [5, 5.41) is 1.81. The van der Waals surface area contributed by atoms with Gasteiger partial charge in [-0.2, -0.15) is 13.2 Å². The van der Waals surface area contributed by atoms with Crippen LogP contribution in [0.1, 0.15) is 12.8 Å². The van der Waals surface area contributed by atoms with Crippen molar-refractivity contribution in [2.75, 3.05) is 27.2 Å². The Hall–Kier alpha value is -0.780. The van der Waals surface area contributed by atoms with Gasteiger partial charge in [0.05, 0.1) is 0 Å². The van der Waals surface area contributed by atoms with Crippen LogP contribution in [0.3, 0.4) is 0 Å². The summed E-state index contributed by atoms with van der Waals surface area (Å²) >= 11 is 0. The monoisotopic (exact) mass is 212 g/mol. The zero-order valence-corrected chi connectivity index (χ0v) is 8.32. The fourth-order valence-corrected chi connectivity index (χ4v) is 0.855. The van der Waals surface area contributed by atoms with Gasteiger partial charge in [-0.25, -0.2) is 0 Å². The van der Waals surface area contributed by atoms with E-state index in [1.54, 1.807) is 0 Å². The van der Waals surface area contributed by atoms with Gasteiger partial charge in [-0.3, -0.25) is 4.79 Å². The quantitative estimate of drug-likeness (QED) is 0.690. The summed E-state index contributed by atoms with van der Waals surface area (Å²) in [7, 11) is 3.77. The lowest BCUT2D eigenvalue weighted by molar-refractivity contribution is -0.173. The van der Waals surface area contributed by atoms with Crippen LogP contribution in [0.25, 0.3) is 0 Å². The predicted octanol–water partition coefficient (Wildman–Crippen LogP) is 1.01. The summed E-state index contributed by atoms with van der Waals surface area (Å²) in [6, 6.07) is 0. The maximum absolute atomic E-state index is 11.7. The summed E-state index contributed by atoms with van der Waals surface area (Å²) in [4.78, 5) is 12.3. The summed E-state index contributed by atoms with van der Waals surface area (Å²) < 4.78 is 35.0. The molecule has 0 rings (SSSR count). The largest absolute Gasteiger partial charge is 0.471 e. The molecule has 1 N–H and O–H groups in total. The van der Waals surface area contributed by atoms with Crippen LogP contribution in [-0.2, 0) is 4.79 Å². The minimum Gasteiger partial charge on any atom is -0.348 e. The van der Waals surface area contributed by atoms with E-state index in [1.165, 1.54) is 0 Å². The second kappa shape index (κ2) is 5.85. The van der Waals surface area contributed by atoms with Crippen LogP contribution in [0.15, 0.2) is 0 Å². The number of amides is 1. The van der Waals surface area contributed by atoms with Gasteiger partial charge in [-0.1, -0.05) is 0 Å². The third-order valence-electron chi connectivity index (χ3n) is 1.58. The lowest BCUT2D eigenvalue weighted by Crippen LogP contribution is -2.37. The number of rotatable bonds is 5. The highest BCUT2D eigenvalue weighted by Crippen LogP contribution is 2.13. The second-order valence-electron chi connectivity index (χ2n) is 3.26. The lowest BCUT2D eigenvalue weighted by Gasteiger charge is -2.10. The summed E-state index contributed by atoms with van der Waals surface area (Å²) in [5.41, 5.74) is 0. The van der Waals surface area contributed by atoms with Gasteiger partial charge in [-0.05, 0) is 33.5 Å². The Balaban J connectivity index is 3.42.